The lowest BCUT2D eigenvalue weighted by Gasteiger charge is -2.37. The van der Waals surface area contributed by atoms with Crippen molar-refractivity contribution in [2.45, 2.75) is 49.8 Å². The lowest BCUT2D eigenvalue weighted by atomic mass is 9.96. The molecule has 1 unspecified atom stereocenters. The predicted octanol–water partition coefficient (Wildman–Crippen LogP) is 0.0902. The Labute approximate surface area is 124 Å². The second kappa shape index (κ2) is 6.19. The summed E-state index contributed by atoms with van der Waals surface area (Å²) in [4.78, 5) is 26.8. The normalized spacial score (nSPS) is 28.1. The molecule has 0 aromatic carbocycles. The zero-order chi connectivity index (χ0) is 15.6. The van der Waals surface area contributed by atoms with Gasteiger partial charge in [0.15, 0.2) is 0 Å². The number of hydrogen-bond acceptors (Lipinski definition) is 4. The maximum atomic E-state index is 12.2. The summed E-state index contributed by atoms with van der Waals surface area (Å²) >= 11 is 0. The molecule has 0 aromatic rings. The van der Waals surface area contributed by atoms with Crippen LogP contribution in [0, 0.1) is 0 Å². The van der Waals surface area contributed by atoms with E-state index in [0.29, 0.717) is 6.54 Å². The van der Waals surface area contributed by atoms with Gasteiger partial charge >= 0.3 is 12.0 Å². The highest BCUT2D eigenvalue weighted by atomic mass is 16.4. The van der Waals surface area contributed by atoms with Gasteiger partial charge in [-0.1, -0.05) is 12.8 Å². The van der Waals surface area contributed by atoms with E-state index < -0.39 is 24.1 Å². The Morgan fingerprint density at radius 1 is 1.33 bits per heavy atom. The van der Waals surface area contributed by atoms with Gasteiger partial charge in [-0.15, -0.1) is 0 Å². The maximum Gasteiger partial charge on any atom is 0.326 e. The number of hydrogen-bond donors (Lipinski definition) is 3. The van der Waals surface area contributed by atoms with Gasteiger partial charge in [0.2, 0.25) is 0 Å². The van der Waals surface area contributed by atoms with Crippen LogP contribution in [0.1, 0.15) is 32.1 Å². The zero-order valence-electron chi connectivity index (χ0n) is 12.7. The van der Waals surface area contributed by atoms with Gasteiger partial charge in [-0.3, -0.25) is 0 Å². The number of carbonyl (C=O) groups excluding carboxylic acids is 1. The van der Waals surface area contributed by atoms with E-state index in [-0.39, 0.29) is 18.5 Å². The van der Waals surface area contributed by atoms with Gasteiger partial charge in [0.1, 0.15) is 6.04 Å². The van der Waals surface area contributed by atoms with E-state index in [1.54, 1.807) is 0 Å². The first-order valence-corrected chi connectivity index (χ1v) is 7.48. The van der Waals surface area contributed by atoms with Crippen molar-refractivity contribution in [3.8, 4) is 0 Å². The standard InChI is InChI=1S/C14H25N3O4/c1-16(2)14(5-3-4-6-14)9-15-13(21)17-8-10(18)7-11(17)12(19)20/h10-11,18H,3-9H2,1-2H3,(H,15,21)(H,19,20)/t10?,11-/m0/s1. The van der Waals surface area contributed by atoms with Crippen LogP contribution in [-0.4, -0.2) is 76.9 Å². The van der Waals surface area contributed by atoms with Gasteiger partial charge in [-0.25, -0.2) is 9.59 Å². The fourth-order valence-corrected chi connectivity index (χ4v) is 3.43. The average Bonchev–Trinajstić information content (AvgIpc) is 3.03. The van der Waals surface area contributed by atoms with Gasteiger partial charge in [0.05, 0.1) is 6.10 Å². The fourth-order valence-electron chi connectivity index (χ4n) is 3.43. The molecule has 21 heavy (non-hydrogen) atoms. The second-order valence-electron chi connectivity index (χ2n) is 6.38. The summed E-state index contributed by atoms with van der Waals surface area (Å²) in [5.74, 6) is -1.06. The second-order valence-corrected chi connectivity index (χ2v) is 6.38. The van der Waals surface area contributed by atoms with Crippen LogP contribution in [-0.2, 0) is 4.79 Å². The lowest BCUT2D eigenvalue weighted by molar-refractivity contribution is -0.141. The third kappa shape index (κ3) is 3.29. The molecule has 1 saturated carbocycles. The molecular weight excluding hydrogens is 274 g/mol. The molecule has 0 radical (unpaired) electrons. The third-order valence-electron chi connectivity index (χ3n) is 4.88. The van der Waals surface area contributed by atoms with Crippen molar-refractivity contribution in [3.63, 3.8) is 0 Å². The smallest absolute Gasteiger partial charge is 0.326 e. The van der Waals surface area contributed by atoms with Crippen molar-refractivity contribution >= 4 is 12.0 Å². The summed E-state index contributed by atoms with van der Waals surface area (Å²) in [6.45, 7) is 0.593. The van der Waals surface area contributed by atoms with Crippen LogP contribution in [0.3, 0.4) is 0 Å². The number of carbonyl (C=O) groups is 2. The highest BCUT2D eigenvalue weighted by Crippen LogP contribution is 2.33. The molecule has 1 aliphatic carbocycles. The minimum atomic E-state index is -1.06. The fraction of sp³-hybridized carbons (Fsp3) is 0.857. The van der Waals surface area contributed by atoms with Crippen molar-refractivity contribution < 1.29 is 19.8 Å². The van der Waals surface area contributed by atoms with Crippen molar-refractivity contribution in [2.24, 2.45) is 0 Å². The van der Waals surface area contributed by atoms with Crippen molar-refractivity contribution in [1.82, 2.24) is 15.1 Å². The molecule has 0 aromatic heterocycles. The molecular formula is C14H25N3O4. The highest BCUT2D eigenvalue weighted by Gasteiger charge is 2.41. The van der Waals surface area contributed by atoms with Gasteiger partial charge < -0.3 is 25.3 Å². The number of nitrogens with zero attached hydrogens (tertiary/aromatic N) is 2. The Morgan fingerprint density at radius 3 is 2.48 bits per heavy atom. The van der Waals surface area contributed by atoms with Gasteiger partial charge in [-0.05, 0) is 26.9 Å². The van der Waals surface area contributed by atoms with E-state index in [1.165, 1.54) is 4.90 Å². The number of rotatable bonds is 4. The summed E-state index contributed by atoms with van der Waals surface area (Å²) < 4.78 is 0. The van der Waals surface area contributed by atoms with Crippen LogP contribution in [0.4, 0.5) is 4.79 Å². The predicted molar refractivity (Wildman–Crippen MR) is 77.0 cm³/mol. The number of aliphatic hydroxyl groups is 1. The molecule has 7 nitrogen and oxygen atoms in total. The molecule has 2 aliphatic rings. The molecule has 0 spiro atoms. The third-order valence-corrected chi connectivity index (χ3v) is 4.88. The van der Waals surface area contributed by atoms with E-state index in [9.17, 15) is 14.7 Å². The number of aliphatic hydroxyl groups excluding tert-OH is 1. The number of aliphatic carboxylic acids is 1. The number of urea groups is 1. The number of carboxylic acids is 1. The Hall–Kier alpha value is -1.34. The first-order valence-electron chi connectivity index (χ1n) is 7.48. The molecule has 2 fully saturated rings. The summed E-state index contributed by atoms with van der Waals surface area (Å²) in [7, 11) is 4.02. The largest absolute Gasteiger partial charge is 0.480 e. The minimum absolute atomic E-state index is 0.0350. The molecule has 7 heteroatoms. The molecule has 2 atom stereocenters. The van der Waals surface area contributed by atoms with Crippen LogP contribution < -0.4 is 5.32 Å². The molecule has 2 rings (SSSR count). The maximum absolute atomic E-state index is 12.2. The van der Waals surface area contributed by atoms with Crippen LogP contribution in [0.25, 0.3) is 0 Å². The Bertz CT molecular complexity index is 407. The van der Waals surface area contributed by atoms with Gasteiger partial charge in [0, 0.05) is 25.0 Å². The number of nitrogens with one attached hydrogen (secondary N) is 1. The van der Waals surface area contributed by atoms with E-state index in [2.05, 4.69) is 10.2 Å². The summed E-state index contributed by atoms with van der Waals surface area (Å²) in [5, 5.41) is 21.6. The minimum Gasteiger partial charge on any atom is -0.480 e. The van der Waals surface area contributed by atoms with E-state index >= 15 is 0 Å². The molecule has 1 heterocycles. The summed E-state index contributed by atoms with van der Waals surface area (Å²) in [6.07, 6.45) is 3.70. The number of amides is 2. The quantitative estimate of drug-likeness (QED) is 0.684. The van der Waals surface area contributed by atoms with Crippen LogP contribution >= 0.6 is 0 Å². The first-order chi connectivity index (χ1) is 9.85. The van der Waals surface area contributed by atoms with Crippen LogP contribution in [0.2, 0.25) is 0 Å². The lowest BCUT2D eigenvalue weighted by Crippen LogP contribution is -2.54. The summed E-state index contributed by atoms with van der Waals surface area (Å²) in [6, 6.07) is -1.33. The zero-order valence-corrected chi connectivity index (χ0v) is 12.7. The van der Waals surface area contributed by atoms with Gasteiger partial charge in [-0.2, -0.15) is 0 Å². The van der Waals surface area contributed by atoms with E-state index in [1.807, 2.05) is 14.1 Å². The van der Waals surface area contributed by atoms with Gasteiger partial charge in [0.25, 0.3) is 0 Å². The average molecular weight is 299 g/mol. The van der Waals surface area contributed by atoms with Crippen molar-refractivity contribution in [3.05, 3.63) is 0 Å². The molecule has 120 valence electrons. The van der Waals surface area contributed by atoms with E-state index in [4.69, 9.17) is 5.11 Å². The number of carboxylic acid groups (broad SMARTS) is 1. The van der Waals surface area contributed by atoms with E-state index in [0.717, 1.165) is 25.7 Å². The van der Waals surface area contributed by atoms with Crippen molar-refractivity contribution in [2.75, 3.05) is 27.2 Å². The molecule has 1 saturated heterocycles. The number of likely N-dealkylation sites (N-methyl/N-ethyl adjacent to an activating group) is 1. The first kappa shape index (κ1) is 16.0. The van der Waals surface area contributed by atoms with Crippen molar-refractivity contribution in [1.29, 1.82) is 0 Å². The Kier molecular flexibility index (Phi) is 4.73. The molecule has 3 N–H and O–H groups in total. The Morgan fingerprint density at radius 2 is 1.95 bits per heavy atom. The molecule has 1 aliphatic heterocycles. The monoisotopic (exact) mass is 299 g/mol. The van der Waals surface area contributed by atoms with Crippen LogP contribution in [0.5, 0.6) is 0 Å². The topological polar surface area (TPSA) is 93.1 Å². The molecule has 2 amide bonds. The Balaban J connectivity index is 1.96. The number of likely N-dealkylation sites (tertiary alicyclic amines) is 1. The highest BCUT2D eigenvalue weighted by molar-refractivity contribution is 5.83. The summed E-state index contributed by atoms with van der Waals surface area (Å²) in [5.41, 5.74) is -0.0350. The number of β-amino-alcohol motifs (C(OH)–C–C–N with tert-alkyl or cyclic N) is 1. The SMILES string of the molecule is CN(C)C1(CNC(=O)N2CC(O)C[C@H]2C(=O)O)CCCC1. The molecule has 0 bridgehead atoms. The van der Waals surface area contributed by atoms with Crippen LogP contribution in [0.15, 0.2) is 0 Å².